The minimum absolute atomic E-state index is 0.0999. The molecule has 1 fully saturated rings. The standard InChI is InChI=1S/C12H18ClN3O2S/c1-14-12-11(13)7-10(8-15-12)19(17,18)16-6-2-3-9-4-5-9/h7-9,16H,2-6H2,1H3,(H,14,15). The highest BCUT2D eigenvalue weighted by molar-refractivity contribution is 7.89. The summed E-state index contributed by atoms with van der Waals surface area (Å²) in [6, 6.07) is 1.41. The van der Waals surface area contributed by atoms with Gasteiger partial charge in [0, 0.05) is 19.8 Å². The SMILES string of the molecule is CNc1ncc(S(=O)(=O)NCCCC2CC2)cc1Cl. The van der Waals surface area contributed by atoms with Gasteiger partial charge in [-0.25, -0.2) is 18.1 Å². The van der Waals surface area contributed by atoms with Crippen molar-refractivity contribution in [3.63, 3.8) is 0 Å². The summed E-state index contributed by atoms with van der Waals surface area (Å²) in [4.78, 5) is 4.07. The fraction of sp³-hybridized carbons (Fsp3) is 0.583. The molecule has 0 saturated heterocycles. The number of hydrogen-bond acceptors (Lipinski definition) is 4. The van der Waals surface area contributed by atoms with Crippen LogP contribution in [0.25, 0.3) is 0 Å². The Hall–Kier alpha value is -0.850. The lowest BCUT2D eigenvalue weighted by Crippen LogP contribution is -2.25. The summed E-state index contributed by atoms with van der Waals surface area (Å²) in [5, 5.41) is 3.08. The van der Waals surface area contributed by atoms with Crippen LogP contribution in [0.4, 0.5) is 5.82 Å². The summed E-state index contributed by atoms with van der Waals surface area (Å²) in [6.07, 6.45) is 5.86. The lowest BCUT2D eigenvalue weighted by molar-refractivity contribution is 0.572. The van der Waals surface area contributed by atoms with Gasteiger partial charge in [0.05, 0.1) is 5.02 Å². The zero-order chi connectivity index (χ0) is 13.9. The third-order valence-corrected chi connectivity index (χ3v) is 4.86. The molecule has 106 valence electrons. The summed E-state index contributed by atoms with van der Waals surface area (Å²) >= 11 is 5.93. The molecule has 0 aromatic carbocycles. The summed E-state index contributed by atoms with van der Waals surface area (Å²) < 4.78 is 26.6. The lowest BCUT2D eigenvalue weighted by atomic mass is 10.2. The van der Waals surface area contributed by atoms with Crippen molar-refractivity contribution in [2.75, 3.05) is 18.9 Å². The smallest absolute Gasteiger partial charge is 0.242 e. The molecule has 0 amide bonds. The fourth-order valence-corrected chi connectivity index (χ4v) is 3.21. The minimum atomic E-state index is -3.51. The number of halogens is 1. The Bertz CT molecular complexity index is 544. The summed E-state index contributed by atoms with van der Waals surface area (Å²) in [5.74, 6) is 1.28. The number of anilines is 1. The highest BCUT2D eigenvalue weighted by atomic mass is 35.5. The van der Waals surface area contributed by atoms with Crippen LogP contribution in [-0.2, 0) is 10.0 Å². The first-order valence-corrected chi connectivity index (χ1v) is 8.22. The van der Waals surface area contributed by atoms with E-state index in [4.69, 9.17) is 11.6 Å². The zero-order valence-corrected chi connectivity index (χ0v) is 12.4. The number of nitrogens with one attached hydrogen (secondary N) is 2. The maximum absolute atomic E-state index is 12.0. The second kappa shape index (κ2) is 6.07. The van der Waals surface area contributed by atoms with Crippen molar-refractivity contribution < 1.29 is 8.42 Å². The topological polar surface area (TPSA) is 71.1 Å². The Balaban J connectivity index is 1.95. The molecule has 0 spiro atoms. The van der Waals surface area contributed by atoms with Gasteiger partial charge in [-0.2, -0.15) is 0 Å². The maximum atomic E-state index is 12.0. The molecular weight excluding hydrogens is 286 g/mol. The van der Waals surface area contributed by atoms with Gasteiger partial charge in [-0.05, 0) is 24.8 Å². The van der Waals surface area contributed by atoms with Gasteiger partial charge in [0.15, 0.2) is 0 Å². The third-order valence-electron chi connectivity index (χ3n) is 3.14. The van der Waals surface area contributed by atoms with Crippen molar-refractivity contribution in [3.8, 4) is 0 Å². The number of hydrogen-bond donors (Lipinski definition) is 2. The van der Waals surface area contributed by atoms with Crippen LogP contribution >= 0.6 is 11.6 Å². The summed E-state index contributed by atoms with van der Waals surface area (Å²) in [6.45, 7) is 0.463. The van der Waals surface area contributed by atoms with Crippen molar-refractivity contribution in [3.05, 3.63) is 17.3 Å². The van der Waals surface area contributed by atoms with Gasteiger partial charge in [0.1, 0.15) is 10.7 Å². The molecular formula is C12H18ClN3O2S. The van der Waals surface area contributed by atoms with Gasteiger partial charge in [0.2, 0.25) is 10.0 Å². The zero-order valence-electron chi connectivity index (χ0n) is 10.8. The molecule has 2 rings (SSSR count). The van der Waals surface area contributed by atoms with Gasteiger partial charge in [-0.3, -0.25) is 0 Å². The van der Waals surface area contributed by atoms with Crippen molar-refractivity contribution >= 4 is 27.4 Å². The van der Waals surface area contributed by atoms with E-state index in [0.717, 1.165) is 18.8 Å². The van der Waals surface area contributed by atoms with Crippen molar-refractivity contribution in [1.82, 2.24) is 9.71 Å². The maximum Gasteiger partial charge on any atom is 0.242 e. The molecule has 1 aliphatic rings. The molecule has 0 unspecified atom stereocenters. The summed E-state index contributed by atoms with van der Waals surface area (Å²) in [7, 11) is -1.83. The van der Waals surface area contributed by atoms with Crippen LogP contribution < -0.4 is 10.0 Å². The molecule has 7 heteroatoms. The van der Waals surface area contributed by atoms with E-state index in [1.165, 1.54) is 25.1 Å². The number of rotatable bonds is 7. The first-order chi connectivity index (χ1) is 9.03. The molecule has 0 radical (unpaired) electrons. The van der Waals surface area contributed by atoms with E-state index < -0.39 is 10.0 Å². The molecule has 0 atom stereocenters. The van der Waals surface area contributed by atoms with E-state index in [1.807, 2.05) is 0 Å². The predicted molar refractivity (Wildman–Crippen MR) is 75.9 cm³/mol. The first-order valence-electron chi connectivity index (χ1n) is 6.36. The van der Waals surface area contributed by atoms with Crippen LogP contribution in [0, 0.1) is 5.92 Å². The van der Waals surface area contributed by atoms with E-state index in [0.29, 0.717) is 17.4 Å². The normalized spacial score (nSPS) is 15.5. The average Bonchev–Trinajstić information content (AvgIpc) is 3.18. The van der Waals surface area contributed by atoms with Crippen molar-refractivity contribution in [2.45, 2.75) is 30.6 Å². The van der Waals surface area contributed by atoms with Crippen LogP contribution in [0.1, 0.15) is 25.7 Å². The first kappa shape index (κ1) is 14.6. The fourth-order valence-electron chi connectivity index (χ4n) is 1.84. The molecule has 19 heavy (non-hydrogen) atoms. The van der Waals surface area contributed by atoms with Crippen LogP contribution in [-0.4, -0.2) is 27.0 Å². The minimum Gasteiger partial charge on any atom is -0.372 e. The molecule has 0 bridgehead atoms. The van der Waals surface area contributed by atoms with E-state index in [-0.39, 0.29) is 4.90 Å². The average molecular weight is 304 g/mol. The Kier molecular flexibility index (Phi) is 4.65. The second-order valence-corrected chi connectivity index (χ2v) is 6.91. The third kappa shape index (κ3) is 4.06. The number of aromatic nitrogens is 1. The molecule has 1 saturated carbocycles. The quantitative estimate of drug-likeness (QED) is 0.758. The molecule has 1 heterocycles. The van der Waals surface area contributed by atoms with Gasteiger partial charge in [-0.1, -0.05) is 24.4 Å². The highest BCUT2D eigenvalue weighted by Crippen LogP contribution is 2.33. The van der Waals surface area contributed by atoms with Gasteiger partial charge >= 0.3 is 0 Å². The van der Waals surface area contributed by atoms with Gasteiger partial charge < -0.3 is 5.32 Å². The number of nitrogens with zero attached hydrogens (tertiary/aromatic N) is 1. The summed E-state index contributed by atoms with van der Waals surface area (Å²) in [5.41, 5.74) is 0. The van der Waals surface area contributed by atoms with Crippen LogP contribution in [0.3, 0.4) is 0 Å². The van der Waals surface area contributed by atoms with Crippen LogP contribution in [0.15, 0.2) is 17.2 Å². The molecule has 0 aliphatic heterocycles. The monoisotopic (exact) mass is 303 g/mol. The van der Waals surface area contributed by atoms with E-state index >= 15 is 0 Å². The Morgan fingerprint density at radius 1 is 1.47 bits per heavy atom. The largest absolute Gasteiger partial charge is 0.372 e. The second-order valence-electron chi connectivity index (χ2n) is 4.73. The molecule has 5 nitrogen and oxygen atoms in total. The highest BCUT2D eigenvalue weighted by Gasteiger charge is 2.21. The van der Waals surface area contributed by atoms with Crippen molar-refractivity contribution in [2.24, 2.45) is 5.92 Å². The molecule has 2 N–H and O–H groups in total. The van der Waals surface area contributed by atoms with Crippen LogP contribution in [0.2, 0.25) is 5.02 Å². The van der Waals surface area contributed by atoms with E-state index in [9.17, 15) is 8.42 Å². The van der Waals surface area contributed by atoms with Gasteiger partial charge in [-0.15, -0.1) is 0 Å². The Morgan fingerprint density at radius 2 is 2.21 bits per heavy atom. The number of pyridine rings is 1. The van der Waals surface area contributed by atoms with E-state index in [1.54, 1.807) is 7.05 Å². The number of sulfonamides is 1. The lowest BCUT2D eigenvalue weighted by Gasteiger charge is -2.08. The molecule has 1 aliphatic carbocycles. The van der Waals surface area contributed by atoms with Gasteiger partial charge in [0.25, 0.3) is 0 Å². The van der Waals surface area contributed by atoms with Crippen molar-refractivity contribution in [1.29, 1.82) is 0 Å². The Labute approximate surface area is 118 Å². The predicted octanol–water partition coefficient (Wildman–Crippen LogP) is 2.25. The van der Waals surface area contributed by atoms with E-state index in [2.05, 4.69) is 15.0 Å². The Morgan fingerprint density at radius 3 is 2.79 bits per heavy atom. The molecule has 1 aromatic rings. The van der Waals surface area contributed by atoms with Crippen LogP contribution in [0.5, 0.6) is 0 Å². The molecule has 1 aromatic heterocycles.